The maximum absolute atomic E-state index is 12.0. The molecule has 1 unspecified atom stereocenters. The van der Waals surface area contributed by atoms with E-state index in [4.69, 9.17) is 0 Å². The molecule has 0 radical (unpaired) electrons. The van der Waals surface area contributed by atoms with E-state index >= 15 is 0 Å². The van der Waals surface area contributed by atoms with E-state index in [1.54, 1.807) is 0 Å². The summed E-state index contributed by atoms with van der Waals surface area (Å²) in [6.45, 7) is 6.13. The monoisotopic (exact) mass is 282 g/mol. The van der Waals surface area contributed by atoms with Gasteiger partial charge in [0.15, 0.2) is 0 Å². The molecule has 5 nitrogen and oxygen atoms in total. The minimum absolute atomic E-state index is 0.0643. The fourth-order valence-electron chi connectivity index (χ4n) is 2.38. The number of rotatable bonds is 5. The van der Waals surface area contributed by atoms with Crippen LogP contribution in [0.15, 0.2) is 0 Å². The third kappa shape index (κ3) is 3.73. The molecule has 0 aliphatic carbocycles. The topological polar surface area (TPSA) is 66.9 Å². The van der Waals surface area contributed by atoms with E-state index in [2.05, 4.69) is 20.8 Å². The first kappa shape index (κ1) is 14.4. The molecular weight excluding hydrogens is 260 g/mol. The lowest BCUT2D eigenvalue weighted by Crippen LogP contribution is -2.28. The van der Waals surface area contributed by atoms with Crippen molar-refractivity contribution in [2.75, 3.05) is 18.4 Å². The van der Waals surface area contributed by atoms with Gasteiger partial charge in [0.1, 0.15) is 5.01 Å². The first-order valence-corrected chi connectivity index (χ1v) is 7.91. The highest BCUT2D eigenvalue weighted by atomic mass is 32.1. The number of hydrogen-bond donors (Lipinski definition) is 2. The molecule has 2 N–H and O–H groups in total. The number of aromatic nitrogens is 2. The third-order valence-electron chi connectivity index (χ3n) is 3.67. The van der Waals surface area contributed by atoms with Crippen LogP contribution >= 0.6 is 11.3 Å². The molecule has 2 rings (SSSR count). The van der Waals surface area contributed by atoms with Gasteiger partial charge in [-0.25, -0.2) is 0 Å². The number of carbonyl (C=O) groups is 1. The van der Waals surface area contributed by atoms with E-state index < -0.39 is 0 Å². The molecule has 6 heteroatoms. The lowest BCUT2D eigenvalue weighted by Gasteiger charge is -2.19. The quantitative estimate of drug-likeness (QED) is 0.870. The van der Waals surface area contributed by atoms with Crippen LogP contribution in [0.2, 0.25) is 0 Å². The highest BCUT2D eigenvalue weighted by Crippen LogP contribution is 2.28. The van der Waals surface area contributed by atoms with Gasteiger partial charge in [-0.05, 0) is 32.2 Å². The largest absolute Gasteiger partial charge is 0.316 e. The SMILES string of the molecule is CCC(CC)C(=O)Nc1nnc(C2CCCNC2)s1. The highest BCUT2D eigenvalue weighted by molar-refractivity contribution is 7.15. The molecule has 0 spiro atoms. The average molecular weight is 282 g/mol. The van der Waals surface area contributed by atoms with E-state index in [-0.39, 0.29) is 11.8 Å². The van der Waals surface area contributed by atoms with E-state index in [1.807, 2.05) is 13.8 Å². The second-order valence-electron chi connectivity index (χ2n) is 4.99. The van der Waals surface area contributed by atoms with Crippen LogP contribution in [0.5, 0.6) is 0 Å². The van der Waals surface area contributed by atoms with E-state index in [0.717, 1.165) is 37.4 Å². The van der Waals surface area contributed by atoms with Crippen molar-refractivity contribution in [3.8, 4) is 0 Å². The maximum Gasteiger partial charge on any atom is 0.229 e. The number of nitrogens with zero attached hydrogens (tertiary/aromatic N) is 2. The minimum Gasteiger partial charge on any atom is -0.316 e. The van der Waals surface area contributed by atoms with Crippen molar-refractivity contribution in [1.29, 1.82) is 0 Å². The molecule has 1 amide bonds. The first-order valence-electron chi connectivity index (χ1n) is 7.09. The van der Waals surface area contributed by atoms with Gasteiger partial charge in [-0.2, -0.15) is 0 Å². The van der Waals surface area contributed by atoms with Crippen LogP contribution in [-0.2, 0) is 4.79 Å². The van der Waals surface area contributed by atoms with Crippen molar-refractivity contribution in [3.63, 3.8) is 0 Å². The van der Waals surface area contributed by atoms with Crippen LogP contribution in [0.25, 0.3) is 0 Å². The minimum atomic E-state index is 0.0643. The van der Waals surface area contributed by atoms with Gasteiger partial charge < -0.3 is 10.6 Å². The lowest BCUT2D eigenvalue weighted by atomic mass is 10.0. The molecule has 1 atom stereocenters. The van der Waals surface area contributed by atoms with Gasteiger partial charge in [-0.1, -0.05) is 25.2 Å². The van der Waals surface area contributed by atoms with Crippen LogP contribution in [0.1, 0.15) is 50.5 Å². The van der Waals surface area contributed by atoms with Crippen molar-refractivity contribution >= 4 is 22.4 Å². The zero-order valence-electron chi connectivity index (χ0n) is 11.6. The number of nitrogens with one attached hydrogen (secondary N) is 2. The molecule has 1 aromatic rings. The second kappa shape index (κ2) is 6.96. The predicted molar refractivity (Wildman–Crippen MR) is 77.5 cm³/mol. The molecule has 1 fully saturated rings. The fraction of sp³-hybridized carbons (Fsp3) is 0.769. The Morgan fingerprint density at radius 3 is 2.89 bits per heavy atom. The second-order valence-corrected chi connectivity index (χ2v) is 6.00. The van der Waals surface area contributed by atoms with E-state index in [0.29, 0.717) is 11.0 Å². The summed E-state index contributed by atoms with van der Waals surface area (Å²) in [6, 6.07) is 0. The molecule has 1 aliphatic heterocycles. The Hall–Kier alpha value is -1.01. The van der Waals surface area contributed by atoms with Crippen molar-refractivity contribution in [2.24, 2.45) is 5.92 Å². The van der Waals surface area contributed by atoms with Crippen molar-refractivity contribution in [1.82, 2.24) is 15.5 Å². The van der Waals surface area contributed by atoms with Crippen molar-refractivity contribution in [2.45, 2.75) is 45.4 Å². The molecule has 0 bridgehead atoms. The highest BCUT2D eigenvalue weighted by Gasteiger charge is 2.21. The zero-order valence-corrected chi connectivity index (χ0v) is 12.4. The van der Waals surface area contributed by atoms with Crippen molar-refractivity contribution in [3.05, 3.63) is 5.01 Å². The van der Waals surface area contributed by atoms with Gasteiger partial charge in [0.25, 0.3) is 0 Å². The molecule has 1 aromatic heterocycles. The fourth-order valence-corrected chi connectivity index (χ4v) is 3.26. The summed E-state index contributed by atoms with van der Waals surface area (Å²) < 4.78 is 0. The summed E-state index contributed by atoms with van der Waals surface area (Å²) in [4.78, 5) is 12.0. The van der Waals surface area contributed by atoms with Gasteiger partial charge >= 0.3 is 0 Å². The third-order valence-corrected chi connectivity index (χ3v) is 4.67. The van der Waals surface area contributed by atoms with E-state index in [9.17, 15) is 4.79 Å². The number of anilines is 1. The summed E-state index contributed by atoms with van der Waals surface area (Å²) in [7, 11) is 0. The summed E-state index contributed by atoms with van der Waals surface area (Å²) in [6.07, 6.45) is 4.06. The van der Waals surface area contributed by atoms with Gasteiger partial charge in [0, 0.05) is 18.4 Å². The Morgan fingerprint density at radius 2 is 2.26 bits per heavy atom. The molecular formula is C13H22N4OS. The first-order chi connectivity index (χ1) is 9.24. The molecule has 0 aromatic carbocycles. The number of hydrogen-bond acceptors (Lipinski definition) is 5. The maximum atomic E-state index is 12.0. The molecule has 106 valence electrons. The Morgan fingerprint density at radius 1 is 1.47 bits per heavy atom. The Balaban J connectivity index is 1.95. The number of piperidine rings is 1. The predicted octanol–water partition coefficient (Wildman–Crippen LogP) is 2.38. The van der Waals surface area contributed by atoms with Crippen LogP contribution in [0.4, 0.5) is 5.13 Å². The van der Waals surface area contributed by atoms with E-state index in [1.165, 1.54) is 17.8 Å². The lowest BCUT2D eigenvalue weighted by molar-refractivity contribution is -0.120. The molecule has 19 heavy (non-hydrogen) atoms. The number of amides is 1. The van der Waals surface area contributed by atoms with Crippen LogP contribution < -0.4 is 10.6 Å². The molecule has 0 saturated carbocycles. The normalized spacial score (nSPS) is 19.6. The number of carbonyl (C=O) groups excluding carboxylic acids is 1. The van der Waals surface area contributed by atoms with Gasteiger partial charge in [-0.15, -0.1) is 10.2 Å². The molecule has 2 heterocycles. The van der Waals surface area contributed by atoms with Gasteiger partial charge in [0.2, 0.25) is 11.0 Å². The Labute approximate surface area is 118 Å². The zero-order chi connectivity index (χ0) is 13.7. The van der Waals surface area contributed by atoms with Gasteiger partial charge in [-0.3, -0.25) is 4.79 Å². The van der Waals surface area contributed by atoms with Crippen molar-refractivity contribution < 1.29 is 4.79 Å². The summed E-state index contributed by atoms with van der Waals surface area (Å²) >= 11 is 1.51. The standard InChI is InChI=1S/C13H22N4OS/c1-3-9(4-2)11(18)15-13-17-16-12(19-13)10-6-5-7-14-8-10/h9-10,14H,3-8H2,1-2H3,(H,15,17,18). The Kier molecular flexibility index (Phi) is 5.27. The Bertz CT molecular complexity index is 411. The van der Waals surface area contributed by atoms with Gasteiger partial charge in [0.05, 0.1) is 0 Å². The molecule has 1 aliphatic rings. The van der Waals surface area contributed by atoms with Crippen LogP contribution in [0.3, 0.4) is 0 Å². The smallest absolute Gasteiger partial charge is 0.229 e. The molecule has 1 saturated heterocycles. The van der Waals surface area contributed by atoms with Crippen LogP contribution in [0, 0.1) is 5.92 Å². The average Bonchev–Trinajstić information content (AvgIpc) is 2.89. The summed E-state index contributed by atoms with van der Waals surface area (Å²) in [5.41, 5.74) is 0. The summed E-state index contributed by atoms with van der Waals surface area (Å²) in [5.74, 6) is 0.586. The van der Waals surface area contributed by atoms with Crippen LogP contribution in [-0.4, -0.2) is 29.2 Å². The summed E-state index contributed by atoms with van der Waals surface area (Å²) in [5, 5.41) is 16.2.